The van der Waals surface area contributed by atoms with Crippen LogP contribution in [0.1, 0.15) is 29.5 Å². The molecule has 1 aromatic heterocycles. The second kappa shape index (κ2) is 6.74. The minimum absolute atomic E-state index is 0.0153. The maximum absolute atomic E-state index is 12.4. The molecule has 6 heteroatoms. The van der Waals surface area contributed by atoms with Crippen LogP contribution in [-0.2, 0) is 0 Å². The van der Waals surface area contributed by atoms with E-state index in [1.54, 1.807) is 19.1 Å². The molecule has 1 aromatic carbocycles. The van der Waals surface area contributed by atoms with E-state index in [0.29, 0.717) is 34.0 Å². The molecule has 2 rings (SSSR count). The van der Waals surface area contributed by atoms with E-state index in [2.05, 4.69) is 10.5 Å². The maximum Gasteiger partial charge on any atom is 0.257 e. The molecule has 5 nitrogen and oxygen atoms in total. The number of benzene rings is 1. The van der Waals surface area contributed by atoms with Crippen LogP contribution in [0.25, 0.3) is 11.3 Å². The van der Waals surface area contributed by atoms with Crippen molar-refractivity contribution < 1.29 is 14.4 Å². The molecule has 1 unspecified atom stereocenters. The Kier molecular flexibility index (Phi) is 4.98. The number of nitrogens with one attached hydrogen (secondary N) is 1. The molecule has 0 radical (unpaired) electrons. The van der Waals surface area contributed by atoms with Crippen molar-refractivity contribution >= 4 is 17.5 Å². The van der Waals surface area contributed by atoms with Crippen molar-refractivity contribution in [3.8, 4) is 11.3 Å². The molecule has 0 aliphatic carbocycles. The molecule has 0 saturated heterocycles. The number of halogens is 1. The van der Waals surface area contributed by atoms with Crippen molar-refractivity contribution in [3.63, 3.8) is 0 Å². The highest BCUT2D eigenvalue weighted by molar-refractivity contribution is 6.33. The monoisotopic (exact) mass is 308 g/mol. The van der Waals surface area contributed by atoms with E-state index in [1.807, 2.05) is 19.1 Å². The Hall–Kier alpha value is -1.85. The van der Waals surface area contributed by atoms with Crippen LogP contribution in [0.4, 0.5) is 0 Å². The molecular weight excluding hydrogens is 292 g/mol. The van der Waals surface area contributed by atoms with Crippen molar-refractivity contribution in [2.24, 2.45) is 0 Å². The highest BCUT2D eigenvalue weighted by Gasteiger charge is 2.23. The number of aliphatic hydroxyl groups is 1. The average Bonchev–Trinajstić information content (AvgIpc) is 2.81. The van der Waals surface area contributed by atoms with Gasteiger partial charge in [-0.25, -0.2) is 0 Å². The van der Waals surface area contributed by atoms with E-state index < -0.39 is 0 Å². The topological polar surface area (TPSA) is 75.4 Å². The predicted octanol–water partition coefficient (Wildman–Crippen LogP) is 2.80. The lowest BCUT2D eigenvalue weighted by Crippen LogP contribution is -2.33. The zero-order valence-corrected chi connectivity index (χ0v) is 12.6. The number of aromatic nitrogens is 1. The summed E-state index contributed by atoms with van der Waals surface area (Å²) in [6.45, 7) is 3.52. The van der Waals surface area contributed by atoms with E-state index in [0.717, 1.165) is 0 Å². The number of hydrogen-bond donors (Lipinski definition) is 2. The van der Waals surface area contributed by atoms with Gasteiger partial charge in [0.05, 0.1) is 5.02 Å². The summed E-state index contributed by atoms with van der Waals surface area (Å²) >= 11 is 6.15. The molecule has 2 aromatic rings. The highest BCUT2D eigenvalue weighted by atomic mass is 35.5. The first-order valence-corrected chi connectivity index (χ1v) is 7.05. The van der Waals surface area contributed by atoms with Gasteiger partial charge in [0.2, 0.25) is 0 Å². The van der Waals surface area contributed by atoms with Crippen LogP contribution in [0.3, 0.4) is 0 Å². The third-order valence-corrected chi connectivity index (χ3v) is 3.49. The minimum Gasteiger partial charge on any atom is -0.396 e. The summed E-state index contributed by atoms with van der Waals surface area (Å²) in [4.78, 5) is 12.4. The largest absolute Gasteiger partial charge is 0.396 e. The van der Waals surface area contributed by atoms with Gasteiger partial charge in [0, 0.05) is 18.2 Å². The average molecular weight is 309 g/mol. The number of carbonyl (C=O) groups is 1. The highest BCUT2D eigenvalue weighted by Crippen LogP contribution is 2.30. The second-order valence-corrected chi connectivity index (χ2v) is 5.24. The van der Waals surface area contributed by atoms with Crippen molar-refractivity contribution in [3.05, 3.63) is 40.6 Å². The first kappa shape index (κ1) is 15.5. The summed E-state index contributed by atoms with van der Waals surface area (Å²) in [5, 5.41) is 16.2. The van der Waals surface area contributed by atoms with E-state index in [9.17, 15) is 4.79 Å². The quantitative estimate of drug-likeness (QED) is 0.890. The predicted molar refractivity (Wildman–Crippen MR) is 80.3 cm³/mol. The van der Waals surface area contributed by atoms with Gasteiger partial charge >= 0.3 is 0 Å². The zero-order valence-electron chi connectivity index (χ0n) is 11.9. The first-order chi connectivity index (χ1) is 10.0. The van der Waals surface area contributed by atoms with E-state index in [4.69, 9.17) is 21.2 Å². The molecule has 1 atom stereocenters. The van der Waals surface area contributed by atoms with Gasteiger partial charge in [-0.3, -0.25) is 4.79 Å². The Morgan fingerprint density at radius 1 is 1.48 bits per heavy atom. The standard InChI is InChI=1S/C15H17ClN2O3/c1-9(7-8-19)17-15(20)13-10(2)21-18-14(13)11-5-3-4-6-12(11)16/h3-6,9,19H,7-8H2,1-2H3,(H,17,20). The lowest BCUT2D eigenvalue weighted by atomic mass is 10.1. The van der Waals surface area contributed by atoms with Crippen LogP contribution in [-0.4, -0.2) is 28.8 Å². The van der Waals surface area contributed by atoms with Crippen molar-refractivity contribution in [2.45, 2.75) is 26.3 Å². The normalized spacial score (nSPS) is 12.2. The van der Waals surface area contributed by atoms with Gasteiger partial charge in [-0.05, 0) is 26.3 Å². The molecule has 1 heterocycles. The van der Waals surface area contributed by atoms with Crippen LogP contribution in [0.2, 0.25) is 5.02 Å². The summed E-state index contributed by atoms with van der Waals surface area (Å²) in [7, 11) is 0. The van der Waals surface area contributed by atoms with E-state index >= 15 is 0 Å². The molecule has 21 heavy (non-hydrogen) atoms. The van der Waals surface area contributed by atoms with Crippen LogP contribution >= 0.6 is 11.6 Å². The molecule has 0 aliphatic rings. The molecule has 0 spiro atoms. The lowest BCUT2D eigenvalue weighted by Gasteiger charge is -2.12. The Morgan fingerprint density at radius 3 is 2.86 bits per heavy atom. The number of rotatable bonds is 5. The van der Waals surface area contributed by atoms with Gasteiger partial charge in [0.15, 0.2) is 0 Å². The van der Waals surface area contributed by atoms with Crippen LogP contribution in [0, 0.1) is 6.92 Å². The summed E-state index contributed by atoms with van der Waals surface area (Å²) < 4.78 is 5.15. The molecule has 0 saturated carbocycles. The number of aliphatic hydroxyl groups excluding tert-OH is 1. The SMILES string of the molecule is Cc1onc(-c2ccccc2Cl)c1C(=O)NC(C)CCO. The molecular formula is C15H17ClN2O3. The van der Waals surface area contributed by atoms with Gasteiger partial charge in [0.1, 0.15) is 17.0 Å². The lowest BCUT2D eigenvalue weighted by molar-refractivity contribution is 0.0933. The molecule has 1 amide bonds. The summed E-state index contributed by atoms with van der Waals surface area (Å²) in [5.41, 5.74) is 1.44. The Balaban J connectivity index is 2.35. The third-order valence-electron chi connectivity index (χ3n) is 3.16. The number of carbonyl (C=O) groups excluding carboxylic acids is 1. The number of hydrogen-bond acceptors (Lipinski definition) is 4. The van der Waals surface area contributed by atoms with Crippen molar-refractivity contribution in [1.29, 1.82) is 0 Å². The number of nitrogens with zero attached hydrogens (tertiary/aromatic N) is 1. The Morgan fingerprint density at radius 2 is 2.19 bits per heavy atom. The van der Waals surface area contributed by atoms with Crippen LogP contribution in [0.15, 0.2) is 28.8 Å². The smallest absolute Gasteiger partial charge is 0.257 e. The van der Waals surface area contributed by atoms with Crippen LogP contribution in [0.5, 0.6) is 0 Å². The molecule has 2 N–H and O–H groups in total. The summed E-state index contributed by atoms with van der Waals surface area (Å²) in [6, 6.07) is 7.00. The van der Waals surface area contributed by atoms with Gasteiger partial charge in [-0.1, -0.05) is 35.0 Å². The van der Waals surface area contributed by atoms with Gasteiger partial charge < -0.3 is 14.9 Å². The summed E-state index contributed by atoms with van der Waals surface area (Å²) in [6.07, 6.45) is 0.484. The fraction of sp³-hybridized carbons (Fsp3) is 0.333. The maximum atomic E-state index is 12.4. The van der Waals surface area contributed by atoms with Gasteiger partial charge in [-0.2, -0.15) is 0 Å². The molecule has 112 valence electrons. The van der Waals surface area contributed by atoms with Crippen molar-refractivity contribution in [2.75, 3.05) is 6.61 Å². The molecule has 0 aliphatic heterocycles. The zero-order chi connectivity index (χ0) is 15.4. The van der Waals surface area contributed by atoms with Gasteiger partial charge in [-0.15, -0.1) is 0 Å². The van der Waals surface area contributed by atoms with Gasteiger partial charge in [0.25, 0.3) is 5.91 Å². The van der Waals surface area contributed by atoms with E-state index in [-0.39, 0.29) is 18.6 Å². The van der Waals surface area contributed by atoms with Crippen molar-refractivity contribution in [1.82, 2.24) is 10.5 Å². The first-order valence-electron chi connectivity index (χ1n) is 6.67. The fourth-order valence-electron chi connectivity index (χ4n) is 2.04. The fourth-order valence-corrected chi connectivity index (χ4v) is 2.26. The summed E-state index contributed by atoms with van der Waals surface area (Å²) in [5.74, 6) is 0.142. The second-order valence-electron chi connectivity index (χ2n) is 4.83. The molecule has 0 fully saturated rings. The number of aryl methyl sites for hydroxylation is 1. The third kappa shape index (κ3) is 3.43. The van der Waals surface area contributed by atoms with Crippen LogP contribution < -0.4 is 5.32 Å². The Bertz CT molecular complexity index is 640. The van der Waals surface area contributed by atoms with E-state index in [1.165, 1.54) is 0 Å². The number of amides is 1. The minimum atomic E-state index is -0.287. The molecule has 0 bridgehead atoms. The Labute approximate surface area is 127 Å².